The summed E-state index contributed by atoms with van der Waals surface area (Å²) in [5, 5.41) is 12.4. The zero-order valence-corrected chi connectivity index (χ0v) is 11.4. The molecule has 1 aliphatic rings. The molecule has 2 atom stereocenters. The van der Waals surface area contributed by atoms with Crippen LogP contribution in [0.25, 0.3) is 0 Å². The van der Waals surface area contributed by atoms with Gasteiger partial charge in [0.25, 0.3) is 0 Å². The minimum absolute atomic E-state index is 0.0184. The normalized spacial score (nSPS) is 22.1. The molecular weight excluding hydrogens is 246 g/mol. The number of hydrogen-bond donors (Lipinski definition) is 2. The van der Waals surface area contributed by atoms with Crippen molar-refractivity contribution < 1.29 is 9.90 Å². The highest BCUT2D eigenvalue weighted by atomic mass is 32.2. The molecule has 98 valence electrons. The molecule has 1 saturated heterocycles. The van der Waals surface area contributed by atoms with E-state index in [1.54, 1.807) is 18.7 Å². The molecule has 1 heterocycles. The number of carbonyl (C=O) groups excluding carboxylic acids is 1. The van der Waals surface area contributed by atoms with Crippen LogP contribution in [0.15, 0.2) is 29.2 Å². The third-order valence-electron chi connectivity index (χ3n) is 3.13. The van der Waals surface area contributed by atoms with Gasteiger partial charge < -0.3 is 10.4 Å². The van der Waals surface area contributed by atoms with Gasteiger partial charge in [-0.05, 0) is 37.5 Å². The summed E-state index contributed by atoms with van der Waals surface area (Å²) in [6.45, 7) is 2.55. The molecule has 1 aromatic carbocycles. The van der Waals surface area contributed by atoms with Crippen LogP contribution >= 0.6 is 11.8 Å². The molecule has 1 aliphatic heterocycles. The molecule has 0 aliphatic carbocycles. The molecule has 4 heteroatoms. The molecule has 0 aromatic heterocycles. The van der Waals surface area contributed by atoms with Crippen molar-refractivity contribution in [2.75, 3.05) is 6.54 Å². The molecular formula is C14H19NO2S. The van der Waals surface area contributed by atoms with E-state index in [2.05, 4.69) is 5.32 Å². The van der Waals surface area contributed by atoms with E-state index in [1.165, 1.54) is 0 Å². The van der Waals surface area contributed by atoms with Crippen LogP contribution in [0.2, 0.25) is 0 Å². The Bertz CT molecular complexity index is 403. The molecule has 18 heavy (non-hydrogen) atoms. The summed E-state index contributed by atoms with van der Waals surface area (Å²) < 4.78 is 0. The van der Waals surface area contributed by atoms with Crippen LogP contribution in [-0.2, 0) is 4.79 Å². The van der Waals surface area contributed by atoms with Crippen LogP contribution in [0.3, 0.4) is 0 Å². The maximum atomic E-state index is 11.8. The predicted octanol–water partition coefficient (Wildman–Crippen LogP) is 2.50. The Kier molecular flexibility index (Phi) is 4.66. The second kappa shape index (κ2) is 6.25. The average Bonchev–Trinajstić information content (AvgIpc) is 2.56. The van der Waals surface area contributed by atoms with Crippen LogP contribution in [0.4, 0.5) is 0 Å². The van der Waals surface area contributed by atoms with Crippen LogP contribution in [0.1, 0.15) is 37.9 Å². The average molecular weight is 265 g/mol. The van der Waals surface area contributed by atoms with Gasteiger partial charge >= 0.3 is 0 Å². The summed E-state index contributed by atoms with van der Waals surface area (Å²) in [6.07, 6.45) is 2.67. The Balaban J connectivity index is 2.01. The van der Waals surface area contributed by atoms with Gasteiger partial charge in [0.2, 0.25) is 5.91 Å². The van der Waals surface area contributed by atoms with Crippen molar-refractivity contribution >= 4 is 17.7 Å². The lowest BCUT2D eigenvalue weighted by atomic mass is 10.1. The maximum absolute atomic E-state index is 11.8. The summed E-state index contributed by atoms with van der Waals surface area (Å²) in [4.78, 5) is 12.9. The second-order valence-corrected chi connectivity index (χ2v) is 5.91. The lowest BCUT2D eigenvalue weighted by molar-refractivity contribution is -0.120. The van der Waals surface area contributed by atoms with Crippen molar-refractivity contribution in [2.45, 2.75) is 42.4 Å². The molecule has 2 N–H and O–H groups in total. The zero-order valence-electron chi connectivity index (χ0n) is 10.6. The van der Waals surface area contributed by atoms with E-state index in [-0.39, 0.29) is 11.2 Å². The first-order valence-corrected chi connectivity index (χ1v) is 7.27. The molecule has 1 fully saturated rings. The Morgan fingerprint density at radius 2 is 2.06 bits per heavy atom. The Hall–Kier alpha value is -1.00. The van der Waals surface area contributed by atoms with E-state index in [4.69, 9.17) is 0 Å². The minimum atomic E-state index is -0.440. The summed E-state index contributed by atoms with van der Waals surface area (Å²) in [5.74, 6) is 0.150. The smallest absolute Gasteiger partial charge is 0.233 e. The number of nitrogens with one attached hydrogen (secondary N) is 1. The number of rotatable bonds is 3. The van der Waals surface area contributed by atoms with Crippen molar-refractivity contribution in [3.8, 4) is 0 Å². The van der Waals surface area contributed by atoms with Gasteiger partial charge in [-0.3, -0.25) is 4.79 Å². The topological polar surface area (TPSA) is 49.3 Å². The number of amides is 1. The van der Waals surface area contributed by atoms with Gasteiger partial charge in [0, 0.05) is 11.4 Å². The van der Waals surface area contributed by atoms with Crippen molar-refractivity contribution in [1.82, 2.24) is 5.32 Å². The van der Waals surface area contributed by atoms with Gasteiger partial charge in [-0.15, -0.1) is 11.8 Å². The first-order valence-electron chi connectivity index (χ1n) is 6.39. The summed E-state index contributed by atoms with van der Waals surface area (Å²) in [7, 11) is 0. The summed E-state index contributed by atoms with van der Waals surface area (Å²) in [6, 6.07) is 7.79. The number of aliphatic hydroxyl groups is 1. The van der Waals surface area contributed by atoms with Gasteiger partial charge in [0.1, 0.15) is 0 Å². The van der Waals surface area contributed by atoms with Crippen molar-refractivity contribution in [2.24, 2.45) is 0 Å². The fraction of sp³-hybridized carbons (Fsp3) is 0.500. The summed E-state index contributed by atoms with van der Waals surface area (Å²) >= 11 is 1.61. The Morgan fingerprint density at radius 3 is 2.72 bits per heavy atom. The van der Waals surface area contributed by atoms with Gasteiger partial charge in [0.05, 0.1) is 11.4 Å². The molecule has 3 nitrogen and oxygen atoms in total. The van der Waals surface area contributed by atoms with Crippen molar-refractivity contribution in [1.29, 1.82) is 0 Å². The lowest BCUT2D eigenvalue weighted by Crippen LogP contribution is -2.30. The van der Waals surface area contributed by atoms with E-state index in [1.807, 2.05) is 24.3 Å². The second-order valence-electron chi connectivity index (χ2n) is 4.64. The molecule has 2 rings (SSSR count). The highest BCUT2D eigenvalue weighted by Gasteiger charge is 2.21. The van der Waals surface area contributed by atoms with E-state index in [9.17, 15) is 9.90 Å². The molecule has 0 spiro atoms. The van der Waals surface area contributed by atoms with Crippen molar-refractivity contribution in [3.05, 3.63) is 29.8 Å². The molecule has 1 aromatic rings. The van der Waals surface area contributed by atoms with E-state index >= 15 is 0 Å². The fourth-order valence-electron chi connectivity index (χ4n) is 2.01. The van der Waals surface area contributed by atoms with Gasteiger partial charge in [-0.1, -0.05) is 18.6 Å². The Labute approximate surface area is 112 Å². The van der Waals surface area contributed by atoms with Crippen LogP contribution in [0, 0.1) is 0 Å². The largest absolute Gasteiger partial charge is 0.389 e. The van der Waals surface area contributed by atoms with E-state index in [0.717, 1.165) is 36.3 Å². The Morgan fingerprint density at radius 1 is 1.33 bits per heavy atom. The zero-order chi connectivity index (χ0) is 13.0. The molecule has 0 saturated carbocycles. The first kappa shape index (κ1) is 13.4. The third-order valence-corrected chi connectivity index (χ3v) is 4.40. The molecule has 0 bridgehead atoms. The lowest BCUT2D eigenvalue weighted by Gasteiger charge is -2.13. The van der Waals surface area contributed by atoms with E-state index < -0.39 is 6.10 Å². The number of thioether (sulfide) groups is 1. The fourth-order valence-corrected chi connectivity index (χ4v) is 3.11. The van der Waals surface area contributed by atoms with Gasteiger partial charge in [-0.25, -0.2) is 0 Å². The highest BCUT2D eigenvalue weighted by Crippen LogP contribution is 2.29. The van der Waals surface area contributed by atoms with Crippen LogP contribution < -0.4 is 5.32 Å². The quantitative estimate of drug-likeness (QED) is 0.883. The van der Waals surface area contributed by atoms with Gasteiger partial charge in [0.15, 0.2) is 0 Å². The SMILES string of the molecule is CC(O)c1ccc(SC2CCCCNC2=O)cc1. The third kappa shape index (κ3) is 3.50. The minimum Gasteiger partial charge on any atom is -0.389 e. The standard InChI is InChI=1S/C14H19NO2S/c1-10(16)11-5-7-12(8-6-11)18-13-4-2-3-9-15-14(13)17/h5-8,10,13,16H,2-4,9H2,1H3,(H,15,17). The number of aliphatic hydroxyl groups excluding tert-OH is 1. The van der Waals surface area contributed by atoms with Crippen molar-refractivity contribution in [3.63, 3.8) is 0 Å². The maximum Gasteiger partial charge on any atom is 0.233 e. The first-order chi connectivity index (χ1) is 8.66. The summed E-state index contributed by atoms with van der Waals surface area (Å²) in [5.41, 5.74) is 0.907. The molecule has 2 unspecified atom stereocenters. The van der Waals surface area contributed by atoms with Gasteiger partial charge in [-0.2, -0.15) is 0 Å². The number of benzene rings is 1. The van der Waals surface area contributed by atoms with E-state index in [0.29, 0.717) is 0 Å². The van der Waals surface area contributed by atoms with Crippen LogP contribution in [0.5, 0.6) is 0 Å². The molecule has 1 amide bonds. The number of carbonyl (C=O) groups is 1. The number of hydrogen-bond acceptors (Lipinski definition) is 3. The van der Waals surface area contributed by atoms with Crippen LogP contribution in [-0.4, -0.2) is 22.8 Å². The predicted molar refractivity (Wildman–Crippen MR) is 73.6 cm³/mol. The monoisotopic (exact) mass is 265 g/mol. The highest BCUT2D eigenvalue weighted by molar-refractivity contribution is 8.00. The molecule has 0 radical (unpaired) electrons.